The Kier molecular flexibility index (Phi) is 4.08. The molecule has 3 nitrogen and oxygen atoms in total. The average Bonchev–Trinajstić information content (AvgIpc) is 2.98. The summed E-state index contributed by atoms with van der Waals surface area (Å²) < 4.78 is 23.8. The zero-order valence-corrected chi connectivity index (χ0v) is 13.7. The molecular weight excluding hydrogens is 334 g/mol. The molecule has 3 rings (SSSR count). The SMILES string of the molecule is O=S1(=O)CC[C@@H](Sc2nc(-c3ccc(Cl)cc3)cs2)C1. The molecule has 0 radical (unpaired) electrons. The highest BCUT2D eigenvalue weighted by Gasteiger charge is 2.29. The summed E-state index contributed by atoms with van der Waals surface area (Å²) in [7, 11) is -2.82. The number of thioether (sulfide) groups is 1. The Labute approximate surface area is 131 Å². The van der Waals surface area contributed by atoms with Crippen LogP contribution in [0.4, 0.5) is 0 Å². The zero-order valence-electron chi connectivity index (χ0n) is 10.5. The predicted octanol–water partition coefficient (Wildman–Crippen LogP) is 3.74. The van der Waals surface area contributed by atoms with Crippen LogP contribution < -0.4 is 0 Å². The highest BCUT2D eigenvalue weighted by molar-refractivity contribution is 8.03. The Hall–Kier alpha value is -0.560. The Bertz CT molecular complexity index is 709. The lowest BCUT2D eigenvalue weighted by Crippen LogP contribution is -2.05. The maximum Gasteiger partial charge on any atom is 0.151 e. The van der Waals surface area contributed by atoms with Gasteiger partial charge in [-0.2, -0.15) is 0 Å². The van der Waals surface area contributed by atoms with Gasteiger partial charge in [-0.1, -0.05) is 35.5 Å². The van der Waals surface area contributed by atoms with Crippen LogP contribution in [0.3, 0.4) is 0 Å². The third kappa shape index (κ3) is 3.36. The number of hydrogen-bond donors (Lipinski definition) is 0. The van der Waals surface area contributed by atoms with Crippen LogP contribution in [0.15, 0.2) is 34.0 Å². The highest BCUT2D eigenvalue weighted by atomic mass is 35.5. The third-order valence-corrected chi connectivity index (χ3v) is 7.55. The van der Waals surface area contributed by atoms with E-state index in [4.69, 9.17) is 11.6 Å². The lowest BCUT2D eigenvalue weighted by molar-refractivity contribution is 0.602. The fraction of sp³-hybridized carbons (Fsp3) is 0.308. The summed E-state index contributed by atoms with van der Waals surface area (Å²) in [6, 6.07) is 7.55. The first-order valence-corrected chi connectivity index (χ1v) is 10.1. The van der Waals surface area contributed by atoms with Crippen molar-refractivity contribution in [3.05, 3.63) is 34.7 Å². The molecule has 0 N–H and O–H groups in total. The van der Waals surface area contributed by atoms with Crippen molar-refractivity contribution in [1.82, 2.24) is 4.98 Å². The van der Waals surface area contributed by atoms with Crippen LogP contribution in [0.25, 0.3) is 11.3 Å². The van der Waals surface area contributed by atoms with Crippen molar-refractivity contribution in [2.45, 2.75) is 16.0 Å². The van der Waals surface area contributed by atoms with Gasteiger partial charge < -0.3 is 0 Å². The van der Waals surface area contributed by atoms with Crippen LogP contribution in [0, 0.1) is 0 Å². The van der Waals surface area contributed by atoms with E-state index in [0.29, 0.717) is 10.8 Å². The number of nitrogens with zero attached hydrogens (tertiary/aromatic N) is 1. The summed E-state index contributed by atoms with van der Waals surface area (Å²) in [4.78, 5) is 4.56. The summed E-state index contributed by atoms with van der Waals surface area (Å²) in [5.41, 5.74) is 1.94. The molecule has 0 bridgehead atoms. The molecule has 20 heavy (non-hydrogen) atoms. The van der Waals surface area contributed by atoms with Crippen LogP contribution in [0.2, 0.25) is 5.02 Å². The minimum Gasteiger partial charge on any atom is -0.230 e. The number of benzene rings is 1. The predicted molar refractivity (Wildman–Crippen MR) is 85.5 cm³/mol. The lowest BCUT2D eigenvalue weighted by Gasteiger charge is -2.03. The minimum atomic E-state index is -2.82. The van der Waals surface area contributed by atoms with Crippen molar-refractivity contribution in [3.63, 3.8) is 0 Å². The summed E-state index contributed by atoms with van der Waals surface area (Å²) in [5, 5.41) is 2.84. The van der Waals surface area contributed by atoms with E-state index < -0.39 is 9.84 Å². The highest BCUT2D eigenvalue weighted by Crippen LogP contribution is 2.35. The summed E-state index contributed by atoms with van der Waals surface area (Å²) in [6.07, 6.45) is 0.725. The van der Waals surface area contributed by atoms with Gasteiger partial charge in [0.1, 0.15) is 0 Å². The van der Waals surface area contributed by atoms with E-state index in [2.05, 4.69) is 4.98 Å². The van der Waals surface area contributed by atoms with Gasteiger partial charge in [0, 0.05) is 21.2 Å². The van der Waals surface area contributed by atoms with Crippen molar-refractivity contribution < 1.29 is 8.42 Å². The largest absolute Gasteiger partial charge is 0.230 e. The van der Waals surface area contributed by atoms with Crippen molar-refractivity contribution in [2.24, 2.45) is 0 Å². The average molecular weight is 346 g/mol. The molecule has 1 fully saturated rings. The number of aromatic nitrogens is 1. The second-order valence-corrected chi connectivity index (χ2v) is 9.72. The van der Waals surface area contributed by atoms with Crippen molar-refractivity contribution in [3.8, 4) is 11.3 Å². The molecular formula is C13H12ClNO2S3. The molecule has 106 valence electrons. The Morgan fingerprint density at radius 2 is 2.05 bits per heavy atom. The van der Waals surface area contributed by atoms with Gasteiger partial charge in [-0.25, -0.2) is 13.4 Å². The number of rotatable bonds is 3. The van der Waals surface area contributed by atoms with E-state index in [1.807, 2.05) is 29.6 Å². The molecule has 1 saturated heterocycles. The van der Waals surface area contributed by atoms with E-state index in [-0.39, 0.29) is 11.0 Å². The van der Waals surface area contributed by atoms with Gasteiger partial charge in [-0.15, -0.1) is 11.3 Å². The summed E-state index contributed by atoms with van der Waals surface area (Å²) in [6.45, 7) is 0. The normalized spacial score (nSPS) is 21.1. The van der Waals surface area contributed by atoms with Crippen molar-refractivity contribution in [1.29, 1.82) is 0 Å². The Morgan fingerprint density at radius 1 is 1.30 bits per heavy atom. The number of sulfone groups is 1. The number of halogens is 1. The van der Waals surface area contributed by atoms with E-state index in [1.54, 1.807) is 23.1 Å². The van der Waals surface area contributed by atoms with Gasteiger partial charge in [0.05, 0.1) is 17.2 Å². The minimum absolute atomic E-state index is 0.143. The molecule has 0 amide bonds. The molecule has 2 heterocycles. The van der Waals surface area contributed by atoms with E-state index in [0.717, 1.165) is 22.0 Å². The van der Waals surface area contributed by atoms with Crippen LogP contribution in [-0.2, 0) is 9.84 Å². The monoisotopic (exact) mass is 345 g/mol. The van der Waals surface area contributed by atoms with Gasteiger partial charge in [0.2, 0.25) is 0 Å². The van der Waals surface area contributed by atoms with Crippen LogP contribution in [0.5, 0.6) is 0 Å². The molecule has 1 aromatic heterocycles. The van der Waals surface area contributed by atoms with Gasteiger partial charge in [0.15, 0.2) is 14.2 Å². The molecule has 1 aromatic carbocycles. The third-order valence-electron chi connectivity index (χ3n) is 3.08. The first-order chi connectivity index (χ1) is 9.52. The molecule has 2 aromatic rings. The topological polar surface area (TPSA) is 47.0 Å². The molecule has 0 unspecified atom stereocenters. The standard InChI is InChI=1S/C13H12ClNO2S3/c14-10-3-1-9(2-4-10)12-7-18-13(15-12)19-11-5-6-20(16,17)8-11/h1-4,7,11H,5-6,8H2/t11-/m1/s1. The fourth-order valence-electron chi connectivity index (χ4n) is 2.06. The smallest absolute Gasteiger partial charge is 0.151 e. The maximum absolute atomic E-state index is 11.4. The second kappa shape index (κ2) is 5.67. The lowest BCUT2D eigenvalue weighted by atomic mass is 10.2. The quantitative estimate of drug-likeness (QED) is 0.850. The summed E-state index contributed by atoms with van der Waals surface area (Å²) >= 11 is 9.00. The van der Waals surface area contributed by atoms with E-state index in [1.165, 1.54) is 0 Å². The molecule has 7 heteroatoms. The van der Waals surface area contributed by atoms with Crippen LogP contribution >= 0.6 is 34.7 Å². The first-order valence-electron chi connectivity index (χ1n) is 6.10. The molecule has 0 spiro atoms. The first kappa shape index (κ1) is 14.4. The van der Waals surface area contributed by atoms with Crippen LogP contribution in [0.1, 0.15) is 6.42 Å². The zero-order chi connectivity index (χ0) is 14.2. The summed E-state index contributed by atoms with van der Waals surface area (Å²) in [5.74, 6) is 0.577. The second-order valence-electron chi connectivity index (χ2n) is 4.65. The fourth-order valence-corrected chi connectivity index (χ4v) is 6.77. The molecule has 1 aliphatic rings. The van der Waals surface area contributed by atoms with Gasteiger partial charge in [0.25, 0.3) is 0 Å². The number of thiazole rings is 1. The van der Waals surface area contributed by atoms with E-state index in [9.17, 15) is 8.42 Å². The van der Waals surface area contributed by atoms with E-state index >= 15 is 0 Å². The Balaban J connectivity index is 1.73. The Morgan fingerprint density at radius 3 is 2.70 bits per heavy atom. The van der Waals surface area contributed by atoms with Crippen molar-refractivity contribution in [2.75, 3.05) is 11.5 Å². The van der Waals surface area contributed by atoms with Gasteiger partial charge >= 0.3 is 0 Å². The maximum atomic E-state index is 11.4. The molecule has 0 saturated carbocycles. The van der Waals surface area contributed by atoms with Gasteiger partial charge in [-0.05, 0) is 18.6 Å². The van der Waals surface area contributed by atoms with Crippen LogP contribution in [-0.4, -0.2) is 30.2 Å². The van der Waals surface area contributed by atoms with Crippen molar-refractivity contribution >= 4 is 44.5 Å². The molecule has 1 aliphatic heterocycles. The molecule has 0 aliphatic carbocycles. The van der Waals surface area contributed by atoms with Gasteiger partial charge in [-0.3, -0.25) is 0 Å². The number of hydrogen-bond acceptors (Lipinski definition) is 5. The molecule has 1 atom stereocenters.